The van der Waals surface area contributed by atoms with Gasteiger partial charge in [0, 0.05) is 23.5 Å². The molecule has 0 saturated heterocycles. The molecule has 1 N–H and O–H groups in total. The van der Waals surface area contributed by atoms with Crippen molar-refractivity contribution in [1.82, 2.24) is 10.3 Å². The molecule has 1 aromatic rings. The third-order valence-corrected chi connectivity index (χ3v) is 5.08. The Hall–Kier alpha value is -0.410. The van der Waals surface area contributed by atoms with Gasteiger partial charge in [0.15, 0.2) is 0 Å². The Morgan fingerprint density at radius 1 is 1.33 bits per heavy atom. The molecule has 1 atom stereocenters. The molecule has 3 heteroatoms. The zero-order chi connectivity index (χ0) is 12.8. The minimum absolute atomic E-state index is 0.610. The number of aromatic nitrogens is 1. The van der Waals surface area contributed by atoms with Gasteiger partial charge in [0.1, 0.15) is 0 Å². The molecule has 2 nitrogen and oxygen atoms in total. The van der Waals surface area contributed by atoms with E-state index in [-0.39, 0.29) is 0 Å². The number of likely N-dealkylation sites (N-methyl/N-ethyl adjacent to an activating group) is 1. The zero-order valence-corrected chi connectivity index (χ0v) is 12.6. The number of thiazole rings is 1. The summed E-state index contributed by atoms with van der Waals surface area (Å²) >= 11 is 1.81. The van der Waals surface area contributed by atoms with E-state index in [2.05, 4.69) is 29.7 Å². The van der Waals surface area contributed by atoms with Crippen molar-refractivity contribution in [1.29, 1.82) is 0 Å². The highest BCUT2D eigenvalue weighted by Gasteiger charge is 2.18. The maximum Gasteiger partial charge on any atom is 0.0943 e. The molecule has 1 heterocycles. The van der Waals surface area contributed by atoms with Gasteiger partial charge in [0.05, 0.1) is 5.01 Å². The van der Waals surface area contributed by atoms with Crippen molar-refractivity contribution in [3.63, 3.8) is 0 Å². The number of hydrogen-bond acceptors (Lipinski definition) is 3. The van der Waals surface area contributed by atoms with Crippen molar-refractivity contribution in [3.8, 4) is 0 Å². The molecule has 0 amide bonds. The summed E-state index contributed by atoms with van der Waals surface area (Å²) in [7, 11) is 2.10. The number of hydrogen-bond donors (Lipinski definition) is 1. The van der Waals surface area contributed by atoms with Crippen LogP contribution >= 0.6 is 11.3 Å². The van der Waals surface area contributed by atoms with E-state index >= 15 is 0 Å². The molecule has 2 rings (SSSR count). The average Bonchev–Trinajstić information content (AvgIpc) is 2.63. The molecule has 0 radical (unpaired) electrons. The first-order valence-electron chi connectivity index (χ1n) is 7.36. The van der Waals surface area contributed by atoms with E-state index in [0.717, 1.165) is 12.3 Å². The first-order valence-corrected chi connectivity index (χ1v) is 8.24. The summed E-state index contributed by atoms with van der Waals surface area (Å²) < 4.78 is 0. The molecule has 0 spiro atoms. The highest BCUT2D eigenvalue weighted by Crippen LogP contribution is 2.27. The molecule has 0 aliphatic heterocycles. The SMILES string of the molecule is CNC(Cc1nc(C)cs1)CC1CCCCCC1. The molecule has 1 fully saturated rings. The monoisotopic (exact) mass is 266 g/mol. The number of aryl methyl sites for hydroxylation is 1. The van der Waals surface area contributed by atoms with E-state index in [1.165, 1.54) is 55.6 Å². The second-order valence-electron chi connectivity index (χ2n) is 5.67. The van der Waals surface area contributed by atoms with Crippen molar-refractivity contribution < 1.29 is 0 Å². The van der Waals surface area contributed by atoms with Gasteiger partial charge in [0.25, 0.3) is 0 Å². The first-order chi connectivity index (χ1) is 8.78. The van der Waals surface area contributed by atoms with Crippen molar-refractivity contribution >= 4 is 11.3 Å². The predicted molar refractivity (Wildman–Crippen MR) is 79.2 cm³/mol. The van der Waals surface area contributed by atoms with E-state index in [4.69, 9.17) is 0 Å². The maximum atomic E-state index is 4.59. The Kier molecular flexibility index (Phi) is 5.64. The van der Waals surface area contributed by atoms with Crippen LogP contribution in [0.25, 0.3) is 0 Å². The molecule has 1 saturated carbocycles. The van der Waals surface area contributed by atoms with Crippen LogP contribution in [-0.4, -0.2) is 18.1 Å². The van der Waals surface area contributed by atoms with Gasteiger partial charge < -0.3 is 5.32 Å². The standard InChI is InChI=1S/C15H26N2S/c1-12-11-18-15(17-12)10-14(16-2)9-13-7-5-3-4-6-8-13/h11,13-14,16H,3-10H2,1-2H3. The van der Waals surface area contributed by atoms with Gasteiger partial charge in [-0.2, -0.15) is 0 Å². The van der Waals surface area contributed by atoms with Crippen molar-refractivity contribution in [2.24, 2.45) is 5.92 Å². The lowest BCUT2D eigenvalue weighted by atomic mass is 9.91. The fraction of sp³-hybridized carbons (Fsp3) is 0.800. The van der Waals surface area contributed by atoms with Gasteiger partial charge in [-0.1, -0.05) is 38.5 Å². The third kappa shape index (κ3) is 4.36. The molecule has 1 aromatic heterocycles. The van der Waals surface area contributed by atoms with Gasteiger partial charge in [0.2, 0.25) is 0 Å². The molecule has 0 bridgehead atoms. The van der Waals surface area contributed by atoms with E-state index in [1.807, 2.05) is 11.3 Å². The first kappa shape index (κ1) is 14.0. The third-order valence-electron chi connectivity index (χ3n) is 4.09. The summed E-state index contributed by atoms with van der Waals surface area (Å²) in [6.45, 7) is 2.08. The van der Waals surface area contributed by atoms with Gasteiger partial charge in [-0.3, -0.25) is 0 Å². The van der Waals surface area contributed by atoms with Crippen LogP contribution in [0.5, 0.6) is 0 Å². The minimum atomic E-state index is 0.610. The summed E-state index contributed by atoms with van der Waals surface area (Å²) in [5, 5.41) is 6.95. The maximum absolute atomic E-state index is 4.59. The lowest BCUT2D eigenvalue weighted by Crippen LogP contribution is -2.30. The molecule has 18 heavy (non-hydrogen) atoms. The molecular formula is C15H26N2S. The Morgan fingerprint density at radius 3 is 2.61 bits per heavy atom. The summed E-state index contributed by atoms with van der Waals surface area (Å²) in [4.78, 5) is 4.59. The number of rotatable bonds is 5. The predicted octanol–water partition coefficient (Wildman–Crippen LogP) is 3.94. The Labute approximate surface area is 115 Å². The summed E-state index contributed by atoms with van der Waals surface area (Å²) in [5.41, 5.74) is 1.17. The summed E-state index contributed by atoms with van der Waals surface area (Å²) in [6, 6.07) is 0.610. The highest BCUT2D eigenvalue weighted by atomic mass is 32.1. The topological polar surface area (TPSA) is 24.9 Å². The number of nitrogens with one attached hydrogen (secondary N) is 1. The van der Waals surface area contributed by atoms with Crippen molar-refractivity contribution in [2.45, 2.75) is 64.3 Å². The van der Waals surface area contributed by atoms with Crippen LogP contribution < -0.4 is 5.32 Å². The lowest BCUT2D eigenvalue weighted by Gasteiger charge is -2.21. The fourth-order valence-corrected chi connectivity index (χ4v) is 3.87. The van der Waals surface area contributed by atoms with Gasteiger partial charge in [-0.25, -0.2) is 4.98 Å². The second kappa shape index (κ2) is 7.25. The van der Waals surface area contributed by atoms with Crippen LogP contribution in [0.1, 0.15) is 55.6 Å². The number of nitrogens with zero attached hydrogens (tertiary/aromatic N) is 1. The smallest absolute Gasteiger partial charge is 0.0943 e. The molecule has 1 aliphatic carbocycles. The van der Waals surface area contributed by atoms with Gasteiger partial charge in [-0.15, -0.1) is 11.3 Å². The molecule has 1 unspecified atom stereocenters. The van der Waals surface area contributed by atoms with Crippen LogP contribution in [0.15, 0.2) is 5.38 Å². The van der Waals surface area contributed by atoms with Crippen molar-refractivity contribution in [2.75, 3.05) is 7.05 Å². The second-order valence-corrected chi connectivity index (χ2v) is 6.61. The molecule has 0 aromatic carbocycles. The quantitative estimate of drug-likeness (QED) is 0.816. The molecular weight excluding hydrogens is 240 g/mol. The van der Waals surface area contributed by atoms with Crippen LogP contribution in [0.4, 0.5) is 0 Å². The van der Waals surface area contributed by atoms with Gasteiger partial charge in [-0.05, 0) is 26.3 Å². The Morgan fingerprint density at radius 2 is 2.06 bits per heavy atom. The van der Waals surface area contributed by atoms with E-state index in [9.17, 15) is 0 Å². The van der Waals surface area contributed by atoms with Gasteiger partial charge >= 0.3 is 0 Å². The Balaban J connectivity index is 1.84. The largest absolute Gasteiger partial charge is 0.317 e. The van der Waals surface area contributed by atoms with Crippen LogP contribution in [-0.2, 0) is 6.42 Å². The van der Waals surface area contributed by atoms with Crippen LogP contribution in [0.2, 0.25) is 0 Å². The molecule has 1 aliphatic rings. The Bertz CT molecular complexity index is 340. The van der Waals surface area contributed by atoms with Crippen LogP contribution in [0.3, 0.4) is 0 Å². The molecule has 102 valence electrons. The van der Waals surface area contributed by atoms with E-state index < -0.39 is 0 Å². The van der Waals surface area contributed by atoms with E-state index in [1.54, 1.807) is 0 Å². The average molecular weight is 266 g/mol. The minimum Gasteiger partial charge on any atom is -0.317 e. The summed E-state index contributed by atoms with van der Waals surface area (Å²) in [6.07, 6.45) is 11.1. The van der Waals surface area contributed by atoms with Crippen molar-refractivity contribution in [3.05, 3.63) is 16.1 Å². The lowest BCUT2D eigenvalue weighted by molar-refractivity contribution is 0.361. The highest BCUT2D eigenvalue weighted by molar-refractivity contribution is 7.09. The fourth-order valence-electron chi connectivity index (χ4n) is 3.01. The summed E-state index contributed by atoms with van der Waals surface area (Å²) in [5.74, 6) is 0.936. The zero-order valence-electron chi connectivity index (χ0n) is 11.7. The van der Waals surface area contributed by atoms with E-state index in [0.29, 0.717) is 6.04 Å². The van der Waals surface area contributed by atoms with Crippen LogP contribution in [0, 0.1) is 12.8 Å². The normalized spacial score (nSPS) is 19.7.